The third kappa shape index (κ3) is 2.47. The Morgan fingerprint density at radius 1 is 1.19 bits per heavy atom. The zero-order valence-corrected chi connectivity index (χ0v) is 14.8. The van der Waals surface area contributed by atoms with Gasteiger partial charge in [-0.1, -0.05) is 17.7 Å². The molecule has 136 valence electrons. The number of benzene rings is 1. The van der Waals surface area contributed by atoms with Crippen LogP contribution in [0.4, 0.5) is 5.69 Å². The van der Waals surface area contributed by atoms with E-state index in [9.17, 15) is 19.3 Å². The van der Waals surface area contributed by atoms with Crippen molar-refractivity contribution in [1.29, 1.82) is 0 Å². The van der Waals surface area contributed by atoms with E-state index in [1.807, 2.05) is 19.1 Å². The molecule has 3 rings (SSSR count). The number of fused-ring (bicyclic) bond motifs is 1. The van der Waals surface area contributed by atoms with E-state index in [2.05, 4.69) is 10.4 Å². The van der Waals surface area contributed by atoms with Gasteiger partial charge in [0.05, 0.1) is 17.6 Å². The topological polar surface area (TPSA) is 109 Å². The number of anilines is 1. The highest BCUT2D eigenvalue weighted by Gasteiger charge is 2.60. The monoisotopic (exact) mass is 358 g/mol. The second-order valence-electron chi connectivity index (χ2n) is 6.29. The lowest BCUT2D eigenvalue weighted by molar-refractivity contribution is -0.136. The summed E-state index contributed by atoms with van der Waals surface area (Å²) < 4.78 is 4.89. The predicted octanol–water partition coefficient (Wildman–Crippen LogP) is 1.39. The van der Waals surface area contributed by atoms with Crippen molar-refractivity contribution in [3.63, 3.8) is 0 Å². The lowest BCUT2D eigenvalue weighted by Gasteiger charge is -2.21. The van der Waals surface area contributed by atoms with Gasteiger partial charge >= 0.3 is 5.97 Å². The van der Waals surface area contributed by atoms with Crippen LogP contribution in [0, 0.1) is 31.6 Å². The third-order valence-electron chi connectivity index (χ3n) is 4.46. The summed E-state index contributed by atoms with van der Waals surface area (Å²) >= 11 is 0. The van der Waals surface area contributed by atoms with Crippen LogP contribution in [0.1, 0.15) is 23.6 Å². The van der Waals surface area contributed by atoms with Gasteiger partial charge in [0.2, 0.25) is 5.91 Å². The summed E-state index contributed by atoms with van der Waals surface area (Å²) in [4.78, 5) is 50.2. The Hall–Kier alpha value is -3.10. The zero-order valence-electron chi connectivity index (χ0n) is 14.8. The molecule has 0 spiro atoms. The largest absolute Gasteiger partial charge is 0.461 e. The van der Waals surface area contributed by atoms with Gasteiger partial charge in [-0.2, -0.15) is 0 Å². The number of aryl methyl sites for hydroxylation is 3. The molecule has 2 atom stereocenters. The fraction of sp³-hybridized carbons (Fsp3) is 0.412. The molecule has 0 aromatic heterocycles. The first-order valence-corrected chi connectivity index (χ1v) is 8.15. The number of amides is 2. The molecular formula is C17H18N4O5. The van der Waals surface area contributed by atoms with E-state index in [0.29, 0.717) is 10.8 Å². The van der Waals surface area contributed by atoms with Crippen molar-refractivity contribution in [1.82, 2.24) is 5.12 Å². The van der Waals surface area contributed by atoms with Crippen molar-refractivity contribution < 1.29 is 19.1 Å². The Morgan fingerprint density at radius 3 is 2.35 bits per heavy atom. The van der Waals surface area contributed by atoms with Crippen LogP contribution < -0.4 is 4.90 Å². The number of carbonyl (C=O) groups excluding carboxylic acids is 3. The van der Waals surface area contributed by atoms with Crippen molar-refractivity contribution >= 4 is 29.2 Å². The number of hydrazone groups is 1. The molecule has 9 nitrogen and oxygen atoms in total. The van der Waals surface area contributed by atoms with E-state index >= 15 is 0 Å². The second kappa shape index (κ2) is 6.32. The minimum absolute atomic E-state index is 0.0752. The van der Waals surface area contributed by atoms with Gasteiger partial charge in [-0.25, -0.2) is 9.69 Å². The van der Waals surface area contributed by atoms with Crippen LogP contribution in [0.15, 0.2) is 22.5 Å². The normalized spacial score (nSPS) is 21.8. The Morgan fingerprint density at radius 2 is 1.81 bits per heavy atom. The molecule has 2 aliphatic heterocycles. The Bertz CT molecular complexity index is 840. The lowest BCUT2D eigenvalue weighted by atomic mass is 9.98. The first-order chi connectivity index (χ1) is 12.3. The number of hydrogen-bond donors (Lipinski definition) is 0. The highest BCUT2D eigenvalue weighted by Crippen LogP contribution is 2.38. The van der Waals surface area contributed by atoms with Crippen LogP contribution in [0.5, 0.6) is 0 Å². The number of hydrogen-bond acceptors (Lipinski definition) is 7. The molecule has 0 radical (unpaired) electrons. The molecular weight excluding hydrogens is 340 g/mol. The summed E-state index contributed by atoms with van der Waals surface area (Å²) in [6, 6.07) is 2.44. The van der Waals surface area contributed by atoms with Crippen molar-refractivity contribution in [2.75, 3.05) is 11.5 Å². The van der Waals surface area contributed by atoms with E-state index < -0.39 is 29.7 Å². The highest BCUT2D eigenvalue weighted by atomic mass is 16.5. The number of rotatable bonds is 4. The van der Waals surface area contributed by atoms with Gasteiger partial charge in [0.25, 0.3) is 5.91 Å². The Kier molecular flexibility index (Phi) is 4.31. The molecule has 0 bridgehead atoms. The maximum absolute atomic E-state index is 13.0. The SMILES string of the molecule is CCOC(=O)C1=NN(N=O)C2C(=O)N(c3c(C)cc(C)cc3C)C(=O)C12. The minimum atomic E-state index is -1.26. The van der Waals surface area contributed by atoms with Gasteiger partial charge < -0.3 is 4.74 Å². The molecule has 26 heavy (non-hydrogen) atoms. The van der Waals surface area contributed by atoms with E-state index in [1.54, 1.807) is 20.8 Å². The number of carbonyl (C=O) groups is 3. The standard InChI is InChI=1S/C17H18N4O5/c1-5-26-17(24)12-11-14(21(18-12)19-25)16(23)20(15(11)22)13-9(3)6-8(2)7-10(13)4/h6-7,11,14H,5H2,1-4H3. The molecule has 0 aliphatic carbocycles. The molecule has 1 fully saturated rings. The first-order valence-electron chi connectivity index (χ1n) is 8.15. The number of imide groups is 1. The van der Waals surface area contributed by atoms with Crippen molar-refractivity contribution in [3.8, 4) is 0 Å². The van der Waals surface area contributed by atoms with Gasteiger partial charge in [-0.15, -0.1) is 15.1 Å². The Balaban J connectivity index is 2.08. The zero-order chi connectivity index (χ0) is 19.2. The molecule has 1 saturated heterocycles. The summed E-state index contributed by atoms with van der Waals surface area (Å²) in [7, 11) is 0. The van der Waals surface area contributed by atoms with Gasteiger partial charge in [0.1, 0.15) is 5.92 Å². The first kappa shape index (κ1) is 17.7. The fourth-order valence-electron chi connectivity index (χ4n) is 3.58. The predicted molar refractivity (Wildman–Crippen MR) is 92.1 cm³/mol. The van der Waals surface area contributed by atoms with E-state index in [0.717, 1.165) is 21.6 Å². The van der Waals surface area contributed by atoms with Gasteiger partial charge in [0.15, 0.2) is 11.8 Å². The van der Waals surface area contributed by atoms with E-state index in [-0.39, 0.29) is 12.3 Å². The molecule has 2 amide bonds. The summed E-state index contributed by atoms with van der Waals surface area (Å²) in [6.07, 6.45) is 0. The summed E-state index contributed by atoms with van der Waals surface area (Å²) in [5.74, 6) is -3.31. The van der Waals surface area contributed by atoms with Crippen LogP contribution in [-0.4, -0.2) is 41.3 Å². The molecule has 1 aromatic rings. The average molecular weight is 358 g/mol. The number of nitrogens with zero attached hydrogens (tertiary/aromatic N) is 4. The maximum atomic E-state index is 13.0. The minimum Gasteiger partial charge on any atom is -0.461 e. The molecule has 2 aliphatic rings. The smallest absolute Gasteiger partial charge is 0.355 e. The van der Waals surface area contributed by atoms with E-state index in [4.69, 9.17) is 4.74 Å². The van der Waals surface area contributed by atoms with E-state index in [1.165, 1.54) is 0 Å². The lowest BCUT2D eigenvalue weighted by Crippen LogP contribution is -2.37. The van der Waals surface area contributed by atoms with Crippen LogP contribution >= 0.6 is 0 Å². The van der Waals surface area contributed by atoms with Crippen molar-refractivity contribution in [3.05, 3.63) is 33.7 Å². The molecule has 0 N–H and O–H groups in total. The second-order valence-corrected chi connectivity index (χ2v) is 6.29. The number of nitroso groups, excluding NO2 is 1. The van der Waals surface area contributed by atoms with Crippen LogP contribution in [0.2, 0.25) is 0 Å². The van der Waals surface area contributed by atoms with Gasteiger partial charge in [-0.3, -0.25) is 9.59 Å². The molecule has 1 aromatic carbocycles. The van der Waals surface area contributed by atoms with Gasteiger partial charge in [-0.05, 0) is 38.8 Å². The number of esters is 1. The summed E-state index contributed by atoms with van der Waals surface area (Å²) in [6.45, 7) is 7.18. The molecule has 9 heteroatoms. The quantitative estimate of drug-likeness (QED) is 0.457. The van der Waals surface area contributed by atoms with Crippen LogP contribution in [-0.2, 0) is 19.1 Å². The van der Waals surface area contributed by atoms with Crippen molar-refractivity contribution in [2.45, 2.75) is 33.7 Å². The van der Waals surface area contributed by atoms with Crippen LogP contribution in [0.25, 0.3) is 0 Å². The maximum Gasteiger partial charge on any atom is 0.355 e. The molecule has 2 unspecified atom stereocenters. The fourth-order valence-corrected chi connectivity index (χ4v) is 3.58. The third-order valence-corrected chi connectivity index (χ3v) is 4.46. The molecule has 0 saturated carbocycles. The average Bonchev–Trinajstić information content (AvgIpc) is 3.06. The summed E-state index contributed by atoms with van der Waals surface area (Å²) in [5, 5.41) is 6.99. The van der Waals surface area contributed by atoms with Crippen molar-refractivity contribution in [2.24, 2.45) is 16.3 Å². The Labute approximate surface area is 149 Å². The highest BCUT2D eigenvalue weighted by molar-refractivity contribution is 6.46. The molecule has 2 heterocycles. The summed E-state index contributed by atoms with van der Waals surface area (Å²) in [5.41, 5.74) is 2.65. The van der Waals surface area contributed by atoms with Crippen LogP contribution in [0.3, 0.4) is 0 Å². The van der Waals surface area contributed by atoms with Gasteiger partial charge in [0, 0.05) is 0 Å². The number of ether oxygens (including phenoxy) is 1.